The maximum absolute atomic E-state index is 13.5. The molecule has 1 aliphatic carbocycles. The number of halogens is 2. The molecule has 0 bridgehead atoms. The standard InChI is InChI=1S/C19H28BrF/c1-4-5-6-15-7-9-16(10-8-15)19(20)18-13(2)11-17(21)12-14(18)3/h11-12,15-16,19H,4-10H2,1-3H3. The Morgan fingerprint density at radius 2 is 1.71 bits per heavy atom. The molecule has 0 nitrogen and oxygen atoms in total. The second-order valence-corrected chi connectivity index (χ2v) is 7.76. The number of rotatable bonds is 5. The molecule has 1 aliphatic rings. The van der Waals surface area contributed by atoms with E-state index in [0.717, 1.165) is 17.0 Å². The highest BCUT2D eigenvalue weighted by Gasteiger charge is 2.28. The molecule has 0 saturated heterocycles. The van der Waals surface area contributed by atoms with Crippen LogP contribution in [0.15, 0.2) is 12.1 Å². The van der Waals surface area contributed by atoms with E-state index >= 15 is 0 Å². The molecule has 1 fully saturated rings. The average molecular weight is 355 g/mol. The van der Waals surface area contributed by atoms with E-state index in [1.165, 1.54) is 50.5 Å². The zero-order valence-electron chi connectivity index (χ0n) is 13.6. The lowest BCUT2D eigenvalue weighted by molar-refractivity contribution is 0.257. The Morgan fingerprint density at radius 3 is 2.24 bits per heavy atom. The Morgan fingerprint density at radius 1 is 1.14 bits per heavy atom. The summed E-state index contributed by atoms with van der Waals surface area (Å²) in [6.45, 7) is 6.35. The molecule has 2 rings (SSSR count). The van der Waals surface area contributed by atoms with Gasteiger partial charge in [0.1, 0.15) is 5.82 Å². The van der Waals surface area contributed by atoms with Gasteiger partial charge in [-0.2, -0.15) is 0 Å². The van der Waals surface area contributed by atoms with Crippen molar-refractivity contribution in [3.05, 3.63) is 34.6 Å². The third-order valence-electron chi connectivity index (χ3n) is 5.11. The normalized spacial score (nSPS) is 24.0. The highest BCUT2D eigenvalue weighted by atomic mass is 79.9. The molecule has 1 unspecified atom stereocenters. The molecule has 118 valence electrons. The van der Waals surface area contributed by atoms with Gasteiger partial charge in [0.15, 0.2) is 0 Å². The van der Waals surface area contributed by atoms with Crippen LogP contribution >= 0.6 is 15.9 Å². The lowest BCUT2D eigenvalue weighted by atomic mass is 9.76. The molecular weight excluding hydrogens is 327 g/mol. The van der Waals surface area contributed by atoms with E-state index in [-0.39, 0.29) is 5.82 Å². The van der Waals surface area contributed by atoms with Gasteiger partial charge in [-0.15, -0.1) is 0 Å². The summed E-state index contributed by atoms with van der Waals surface area (Å²) in [4.78, 5) is 0.380. The van der Waals surface area contributed by atoms with Crippen molar-refractivity contribution >= 4 is 15.9 Å². The number of hydrogen-bond donors (Lipinski definition) is 0. The fourth-order valence-electron chi connectivity index (χ4n) is 3.85. The first-order valence-electron chi connectivity index (χ1n) is 8.43. The van der Waals surface area contributed by atoms with Gasteiger partial charge in [-0.1, -0.05) is 55.0 Å². The molecule has 0 amide bonds. The highest BCUT2D eigenvalue weighted by molar-refractivity contribution is 9.09. The predicted octanol–water partition coefficient (Wildman–Crippen LogP) is 6.88. The Hall–Kier alpha value is -0.370. The summed E-state index contributed by atoms with van der Waals surface area (Å²) in [6.07, 6.45) is 9.45. The average Bonchev–Trinajstić information content (AvgIpc) is 2.44. The Kier molecular flexibility index (Phi) is 6.28. The molecule has 0 aromatic heterocycles. The van der Waals surface area contributed by atoms with E-state index in [1.54, 1.807) is 12.1 Å². The zero-order valence-corrected chi connectivity index (χ0v) is 15.2. The minimum absolute atomic E-state index is 0.114. The third kappa shape index (κ3) is 4.31. The summed E-state index contributed by atoms with van der Waals surface area (Å²) < 4.78 is 13.5. The second kappa shape index (κ2) is 7.76. The van der Waals surface area contributed by atoms with Crippen LogP contribution in [0.5, 0.6) is 0 Å². The topological polar surface area (TPSA) is 0 Å². The number of aryl methyl sites for hydroxylation is 2. The van der Waals surface area contributed by atoms with E-state index < -0.39 is 0 Å². The summed E-state index contributed by atoms with van der Waals surface area (Å²) >= 11 is 3.92. The minimum Gasteiger partial charge on any atom is -0.207 e. The first-order chi connectivity index (χ1) is 10.0. The fraction of sp³-hybridized carbons (Fsp3) is 0.684. The zero-order chi connectivity index (χ0) is 15.4. The van der Waals surface area contributed by atoms with Crippen LogP contribution in [0.1, 0.15) is 73.4 Å². The minimum atomic E-state index is -0.114. The van der Waals surface area contributed by atoms with E-state index in [4.69, 9.17) is 0 Å². The number of alkyl halides is 1. The molecule has 1 aromatic rings. The number of unbranched alkanes of at least 4 members (excludes halogenated alkanes) is 1. The molecule has 0 radical (unpaired) electrons. The number of hydrogen-bond acceptors (Lipinski definition) is 0. The lowest BCUT2D eigenvalue weighted by Crippen LogP contribution is -2.19. The Bertz CT molecular complexity index is 438. The smallest absolute Gasteiger partial charge is 0.123 e. The van der Waals surface area contributed by atoms with Gasteiger partial charge < -0.3 is 0 Å². The molecule has 2 heteroatoms. The van der Waals surface area contributed by atoms with Crippen molar-refractivity contribution in [3.63, 3.8) is 0 Å². The van der Waals surface area contributed by atoms with Gasteiger partial charge in [0, 0.05) is 4.83 Å². The van der Waals surface area contributed by atoms with Crippen LogP contribution in [-0.2, 0) is 0 Å². The van der Waals surface area contributed by atoms with Crippen LogP contribution in [0.4, 0.5) is 4.39 Å². The quantitative estimate of drug-likeness (QED) is 0.505. The Labute approximate surface area is 137 Å². The van der Waals surface area contributed by atoms with Gasteiger partial charge in [-0.3, -0.25) is 0 Å². The molecule has 21 heavy (non-hydrogen) atoms. The van der Waals surface area contributed by atoms with Crippen LogP contribution in [0.3, 0.4) is 0 Å². The maximum Gasteiger partial charge on any atom is 0.123 e. The summed E-state index contributed by atoms with van der Waals surface area (Å²) in [5.41, 5.74) is 3.48. The van der Waals surface area contributed by atoms with Crippen molar-refractivity contribution < 1.29 is 4.39 Å². The van der Waals surface area contributed by atoms with Crippen LogP contribution in [0.2, 0.25) is 0 Å². The summed E-state index contributed by atoms with van der Waals surface area (Å²) in [5, 5.41) is 0. The third-order valence-corrected chi connectivity index (χ3v) is 6.31. The maximum atomic E-state index is 13.5. The molecule has 1 saturated carbocycles. The van der Waals surface area contributed by atoms with E-state index in [1.807, 2.05) is 13.8 Å². The van der Waals surface area contributed by atoms with E-state index in [9.17, 15) is 4.39 Å². The second-order valence-electron chi connectivity index (χ2n) is 6.78. The van der Waals surface area contributed by atoms with Crippen molar-refractivity contribution in [2.75, 3.05) is 0 Å². The first kappa shape index (κ1) is 17.0. The van der Waals surface area contributed by atoms with Crippen LogP contribution in [-0.4, -0.2) is 0 Å². The molecule has 0 N–H and O–H groups in total. The fourth-order valence-corrected chi connectivity index (χ4v) is 5.11. The van der Waals surface area contributed by atoms with Gasteiger partial charge >= 0.3 is 0 Å². The van der Waals surface area contributed by atoms with Crippen molar-refractivity contribution in [1.82, 2.24) is 0 Å². The van der Waals surface area contributed by atoms with Crippen LogP contribution in [0, 0.1) is 31.5 Å². The molecule has 0 aliphatic heterocycles. The molecular formula is C19H28BrF. The largest absolute Gasteiger partial charge is 0.207 e. The number of benzene rings is 1. The highest BCUT2D eigenvalue weighted by Crippen LogP contribution is 2.44. The predicted molar refractivity (Wildman–Crippen MR) is 92.5 cm³/mol. The monoisotopic (exact) mass is 354 g/mol. The molecule has 1 aromatic carbocycles. The van der Waals surface area contributed by atoms with Gasteiger partial charge in [0.05, 0.1) is 0 Å². The van der Waals surface area contributed by atoms with E-state index in [0.29, 0.717) is 10.7 Å². The summed E-state index contributed by atoms with van der Waals surface area (Å²) in [7, 11) is 0. The van der Waals surface area contributed by atoms with Crippen molar-refractivity contribution in [1.29, 1.82) is 0 Å². The van der Waals surface area contributed by atoms with Crippen molar-refractivity contribution in [2.24, 2.45) is 11.8 Å². The summed E-state index contributed by atoms with van der Waals surface area (Å²) in [5.74, 6) is 1.53. The molecule has 0 heterocycles. The van der Waals surface area contributed by atoms with Gasteiger partial charge in [0.2, 0.25) is 0 Å². The summed E-state index contributed by atoms with van der Waals surface area (Å²) in [6, 6.07) is 3.34. The molecule has 1 atom stereocenters. The van der Waals surface area contributed by atoms with Crippen molar-refractivity contribution in [3.8, 4) is 0 Å². The van der Waals surface area contributed by atoms with Crippen LogP contribution < -0.4 is 0 Å². The first-order valence-corrected chi connectivity index (χ1v) is 9.35. The SMILES string of the molecule is CCCCC1CCC(C(Br)c2c(C)cc(F)cc2C)CC1. The van der Waals surface area contributed by atoms with Gasteiger partial charge in [-0.05, 0) is 67.3 Å². The van der Waals surface area contributed by atoms with Crippen molar-refractivity contribution in [2.45, 2.75) is 70.5 Å². The van der Waals surface area contributed by atoms with Crippen LogP contribution in [0.25, 0.3) is 0 Å². The lowest BCUT2D eigenvalue weighted by Gasteiger charge is -2.33. The molecule has 0 spiro atoms. The Balaban J connectivity index is 2.00. The van der Waals surface area contributed by atoms with Gasteiger partial charge in [0.25, 0.3) is 0 Å². The van der Waals surface area contributed by atoms with E-state index in [2.05, 4.69) is 22.9 Å². The van der Waals surface area contributed by atoms with Gasteiger partial charge in [-0.25, -0.2) is 4.39 Å².